The molecule has 0 aliphatic heterocycles. The zero-order valence-corrected chi connectivity index (χ0v) is 13.3. The number of amides is 1. The molecule has 0 fully saturated rings. The average molecular weight is 322 g/mol. The van der Waals surface area contributed by atoms with Crippen LogP contribution in [0.15, 0.2) is 54.7 Å². The lowest BCUT2D eigenvalue weighted by molar-refractivity contribution is 0.0600. The standard InChI is InChI=1S/C19H18N2O3/c1-24-19(23)14-8-6-13(7-9-14)18(22)20-11-10-15-12-21-17-5-3-2-4-16(15)17/h2-9,12,21H,10-11H2,1H3,(H,20,22). The number of hydrogen-bond acceptors (Lipinski definition) is 3. The number of para-hydroxylation sites is 1. The molecule has 5 nitrogen and oxygen atoms in total. The third kappa shape index (κ3) is 3.30. The summed E-state index contributed by atoms with van der Waals surface area (Å²) >= 11 is 0. The van der Waals surface area contributed by atoms with Crippen molar-refractivity contribution < 1.29 is 14.3 Å². The number of benzene rings is 2. The summed E-state index contributed by atoms with van der Waals surface area (Å²) in [4.78, 5) is 26.8. The van der Waals surface area contributed by atoms with E-state index in [9.17, 15) is 9.59 Å². The number of ether oxygens (including phenoxy) is 1. The molecular formula is C19H18N2O3. The Morgan fingerprint density at radius 3 is 2.50 bits per heavy atom. The number of aromatic nitrogens is 1. The summed E-state index contributed by atoms with van der Waals surface area (Å²) in [6.07, 6.45) is 2.72. The average Bonchev–Trinajstić information content (AvgIpc) is 3.04. The van der Waals surface area contributed by atoms with Crippen molar-refractivity contribution in [2.24, 2.45) is 0 Å². The van der Waals surface area contributed by atoms with Gasteiger partial charge in [-0.3, -0.25) is 4.79 Å². The highest BCUT2D eigenvalue weighted by Gasteiger charge is 2.09. The third-order valence-electron chi connectivity index (χ3n) is 3.92. The van der Waals surface area contributed by atoms with Gasteiger partial charge in [-0.25, -0.2) is 4.79 Å². The van der Waals surface area contributed by atoms with Crippen LogP contribution in [-0.2, 0) is 11.2 Å². The van der Waals surface area contributed by atoms with E-state index in [-0.39, 0.29) is 5.91 Å². The molecule has 0 saturated heterocycles. The van der Waals surface area contributed by atoms with Crippen LogP contribution in [0.5, 0.6) is 0 Å². The van der Waals surface area contributed by atoms with Gasteiger partial charge in [0.25, 0.3) is 5.91 Å². The van der Waals surface area contributed by atoms with E-state index in [4.69, 9.17) is 0 Å². The van der Waals surface area contributed by atoms with Crippen molar-refractivity contribution in [1.29, 1.82) is 0 Å². The van der Waals surface area contributed by atoms with Gasteiger partial charge in [-0.15, -0.1) is 0 Å². The molecule has 0 unspecified atom stereocenters. The fourth-order valence-corrected chi connectivity index (χ4v) is 2.63. The molecule has 3 aromatic rings. The fourth-order valence-electron chi connectivity index (χ4n) is 2.63. The van der Waals surface area contributed by atoms with Crippen molar-refractivity contribution in [3.05, 3.63) is 71.4 Å². The second-order valence-electron chi connectivity index (χ2n) is 5.43. The minimum absolute atomic E-state index is 0.161. The van der Waals surface area contributed by atoms with Gasteiger partial charge in [0.05, 0.1) is 12.7 Å². The Balaban J connectivity index is 1.58. The molecule has 5 heteroatoms. The van der Waals surface area contributed by atoms with Gasteiger partial charge in [0, 0.05) is 29.2 Å². The van der Waals surface area contributed by atoms with Crippen molar-refractivity contribution in [2.75, 3.05) is 13.7 Å². The molecule has 1 amide bonds. The zero-order chi connectivity index (χ0) is 16.9. The highest BCUT2D eigenvalue weighted by Crippen LogP contribution is 2.17. The summed E-state index contributed by atoms with van der Waals surface area (Å²) in [5.74, 6) is -0.576. The minimum atomic E-state index is -0.415. The lowest BCUT2D eigenvalue weighted by Crippen LogP contribution is -2.25. The number of nitrogens with one attached hydrogen (secondary N) is 2. The molecule has 0 bridgehead atoms. The molecule has 2 N–H and O–H groups in total. The van der Waals surface area contributed by atoms with Crippen LogP contribution in [0.4, 0.5) is 0 Å². The number of hydrogen-bond donors (Lipinski definition) is 2. The van der Waals surface area contributed by atoms with E-state index in [0.717, 1.165) is 11.9 Å². The van der Waals surface area contributed by atoms with E-state index in [1.807, 2.05) is 24.4 Å². The van der Waals surface area contributed by atoms with Gasteiger partial charge in [-0.1, -0.05) is 18.2 Å². The summed E-state index contributed by atoms with van der Waals surface area (Å²) in [6, 6.07) is 14.5. The molecule has 3 rings (SSSR count). The maximum Gasteiger partial charge on any atom is 0.337 e. The Kier molecular flexibility index (Phi) is 4.61. The highest BCUT2D eigenvalue weighted by molar-refractivity contribution is 5.96. The summed E-state index contributed by atoms with van der Waals surface area (Å²) in [5.41, 5.74) is 3.21. The molecule has 1 heterocycles. The second-order valence-corrected chi connectivity index (χ2v) is 5.43. The van der Waals surface area contributed by atoms with Gasteiger partial charge in [-0.2, -0.15) is 0 Å². The number of H-pyrrole nitrogens is 1. The van der Waals surface area contributed by atoms with E-state index >= 15 is 0 Å². The molecule has 0 aliphatic rings. The Labute approximate surface area is 139 Å². The molecule has 0 saturated carbocycles. The van der Waals surface area contributed by atoms with Crippen molar-refractivity contribution in [3.63, 3.8) is 0 Å². The van der Waals surface area contributed by atoms with E-state index in [0.29, 0.717) is 17.7 Å². The maximum absolute atomic E-state index is 12.2. The molecule has 0 aliphatic carbocycles. The number of rotatable bonds is 5. The monoisotopic (exact) mass is 322 g/mol. The van der Waals surface area contributed by atoms with Gasteiger partial charge in [0.1, 0.15) is 0 Å². The summed E-state index contributed by atoms with van der Waals surface area (Å²) in [6.45, 7) is 0.541. The first-order valence-corrected chi connectivity index (χ1v) is 7.70. The van der Waals surface area contributed by atoms with Gasteiger partial charge in [0.15, 0.2) is 0 Å². The largest absolute Gasteiger partial charge is 0.465 e. The van der Waals surface area contributed by atoms with Crippen LogP contribution in [0.25, 0.3) is 10.9 Å². The van der Waals surface area contributed by atoms with Crippen molar-refractivity contribution in [1.82, 2.24) is 10.3 Å². The Morgan fingerprint density at radius 1 is 1.04 bits per heavy atom. The summed E-state index contributed by atoms with van der Waals surface area (Å²) in [5, 5.41) is 4.07. The number of aromatic amines is 1. The molecule has 122 valence electrons. The molecule has 24 heavy (non-hydrogen) atoms. The molecule has 0 atom stereocenters. The number of carbonyl (C=O) groups excluding carboxylic acids is 2. The van der Waals surface area contributed by atoms with Gasteiger partial charge in [0.2, 0.25) is 0 Å². The Morgan fingerprint density at radius 2 is 1.75 bits per heavy atom. The third-order valence-corrected chi connectivity index (χ3v) is 3.92. The predicted octanol–water partition coefficient (Wildman–Crippen LogP) is 2.93. The number of methoxy groups -OCH3 is 1. The smallest absolute Gasteiger partial charge is 0.337 e. The lowest BCUT2D eigenvalue weighted by atomic mass is 10.1. The van der Waals surface area contributed by atoms with Crippen LogP contribution in [0.2, 0.25) is 0 Å². The lowest BCUT2D eigenvalue weighted by Gasteiger charge is -2.06. The van der Waals surface area contributed by atoms with Crippen molar-refractivity contribution in [2.45, 2.75) is 6.42 Å². The molecule has 0 spiro atoms. The maximum atomic E-state index is 12.2. The quantitative estimate of drug-likeness (QED) is 0.710. The molecular weight excluding hydrogens is 304 g/mol. The summed E-state index contributed by atoms with van der Waals surface area (Å²) < 4.78 is 4.64. The summed E-state index contributed by atoms with van der Waals surface area (Å²) in [7, 11) is 1.33. The first kappa shape index (κ1) is 15.8. The SMILES string of the molecule is COC(=O)c1ccc(C(=O)NCCc2c[nH]c3ccccc23)cc1. The van der Waals surface area contributed by atoms with Crippen LogP contribution in [-0.4, -0.2) is 30.5 Å². The zero-order valence-electron chi connectivity index (χ0n) is 13.3. The van der Waals surface area contributed by atoms with E-state index in [1.54, 1.807) is 24.3 Å². The Bertz CT molecular complexity index is 866. The van der Waals surface area contributed by atoms with Crippen LogP contribution in [0.3, 0.4) is 0 Å². The van der Waals surface area contributed by atoms with Crippen LogP contribution in [0, 0.1) is 0 Å². The van der Waals surface area contributed by atoms with Gasteiger partial charge >= 0.3 is 5.97 Å². The topological polar surface area (TPSA) is 71.2 Å². The minimum Gasteiger partial charge on any atom is -0.465 e. The van der Waals surface area contributed by atoms with E-state index < -0.39 is 5.97 Å². The first-order chi connectivity index (χ1) is 11.7. The van der Waals surface area contributed by atoms with Crippen LogP contribution >= 0.6 is 0 Å². The van der Waals surface area contributed by atoms with Crippen LogP contribution in [0.1, 0.15) is 26.3 Å². The van der Waals surface area contributed by atoms with Crippen molar-refractivity contribution in [3.8, 4) is 0 Å². The molecule has 1 aromatic heterocycles. The highest BCUT2D eigenvalue weighted by atomic mass is 16.5. The first-order valence-electron chi connectivity index (χ1n) is 7.70. The molecule has 0 radical (unpaired) electrons. The second kappa shape index (κ2) is 7.00. The van der Waals surface area contributed by atoms with Crippen LogP contribution < -0.4 is 5.32 Å². The normalized spacial score (nSPS) is 10.5. The predicted molar refractivity (Wildman–Crippen MR) is 92.1 cm³/mol. The fraction of sp³-hybridized carbons (Fsp3) is 0.158. The van der Waals surface area contributed by atoms with Gasteiger partial charge in [-0.05, 0) is 42.3 Å². The van der Waals surface area contributed by atoms with Gasteiger partial charge < -0.3 is 15.0 Å². The Hall–Kier alpha value is -3.08. The number of fused-ring (bicyclic) bond motifs is 1. The van der Waals surface area contributed by atoms with E-state index in [2.05, 4.69) is 21.1 Å². The van der Waals surface area contributed by atoms with E-state index in [1.165, 1.54) is 18.1 Å². The number of carbonyl (C=O) groups is 2. The number of esters is 1. The van der Waals surface area contributed by atoms with Crippen molar-refractivity contribution >= 4 is 22.8 Å². The molecule has 2 aromatic carbocycles.